The van der Waals surface area contributed by atoms with Crippen LogP contribution in [0.2, 0.25) is 5.02 Å². The molecule has 1 fully saturated rings. The van der Waals surface area contributed by atoms with Crippen LogP contribution in [0.1, 0.15) is 58.8 Å². The van der Waals surface area contributed by atoms with Gasteiger partial charge in [0.1, 0.15) is 6.54 Å². The first kappa shape index (κ1) is 26.0. The molecule has 0 N–H and O–H groups in total. The van der Waals surface area contributed by atoms with Crippen molar-refractivity contribution in [3.8, 4) is 0 Å². The Morgan fingerprint density at radius 3 is 2.58 bits per heavy atom. The number of oxime groups is 1. The molecule has 10 heteroatoms. The standard InChI is InChI=1S/C26H27ClF3N3O3/c1-4-5-8-32-15-33(14-23(32)34)24(35)21-7-6-18(11-17(21)3)22-13-25(36-31-22,26(28,29)30)19-9-16(2)10-20(27)12-19/h6-7,9-12H,4-5,8,13-15H2,1-3H3. The number of carbonyl (C=O) groups is 2. The van der Waals surface area contributed by atoms with Gasteiger partial charge in [-0.05, 0) is 61.2 Å². The van der Waals surface area contributed by atoms with Crippen LogP contribution >= 0.6 is 11.6 Å². The van der Waals surface area contributed by atoms with Gasteiger partial charge in [-0.2, -0.15) is 13.2 Å². The molecule has 0 radical (unpaired) electrons. The van der Waals surface area contributed by atoms with Gasteiger partial charge < -0.3 is 14.6 Å². The van der Waals surface area contributed by atoms with E-state index in [-0.39, 0.29) is 41.3 Å². The molecular formula is C26H27ClF3N3O3. The summed E-state index contributed by atoms with van der Waals surface area (Å²) in [7, 11) is 0. The van der Waals surface area contributed by atoms with E-state index >= 15 is 0 Å². The Balaban J connectivity index is 1.56. The molecule has 2 aromatic rings. The van der Waals surface area contributed by atoms with Crippen molar-refractivity contribution in [3.63, 3.8) is 0 Å². The molecule has 36 heavy (non-hydrogen) atoms. The van der Waals surface area contributed by atoms with Gasteiger partial charge in [0.05, 0.1) is 12.4 Å². The van der Waals surface area contributed by atoms with Crippen molar-refractivity contribution >= 4 is 29.1 Å². The normalized spacial score (nSPS) is 20.1. The monoisotopic (exact) mass is 521 g/mol. The summed E-state index contributed by atoms with van der Waals surface area (Å²) in [5.74, 6) is -0.390. The Morgan fingerprint density at radius 2 is 1.94 bits per heavy atom. The molecular weight excluding hydrogens is 495 g/mol. The van der Waals surface area contributed by atoms with Gasteiger partial charge in [-0.15, -0.1) is 0 Å². The van der Waals surface area contributed by atoms with E-state index in [0.717, 1.165) is 12.8 Å². The van der Waals surface area contributed by atoms with E-state index in [9.17, 15) is 22.8 Å². The van der Waals surface area contributed by atoms with E-state index in [4.69, 9.17) is 16.4 Å². The van der Waals surface area contributed by atoms with Crippen molar-refractivity contribution < 1.29 is 27.6 Å². The maximum absolute atomic E-state index is 14.3. The molecule has 6 nitrogen and oxygen atoms in total. The lowest BCUT2D eigenvalue weighted by Gasteiger charge is -2.30. The number of amides is 2. The third kappa shape index (κ3) is 4.81. The molecule has 2 aliphatic heterocycles. The van der Waals surface area contributed by atoms with E-state index in [0.29, 0.717) is 28.8 Å². The van der Waals surface area contributed by atoms with Crippen LogP contribution < -0.4 is 0 Å². The average molecular weight is 522 g/mol. The van der Waals surface area contributed by atoms with Crippen LogP contribution in [0.4, 0.5) is 13.2 Å². The first-order chi connectivity index (χ1) is 16.9. The molecule has 2 aromatic carbocycles. The lowest BCUT2D eigenvalue weighted by molar-refractivity contribution is -0.275. The van der Waals surface area contributed by atoms with Gasteiger partial charge in [0.15, 0.2) is 0 Å². The van der Waals surface area contributed by atoms with Crippen LogP contribution in [0.25, 0.3) is 0 Å². The maximum atomic E-state index is 14.3. The van der Waals surface area contributed by atoms with Crippen molar-refractivity contribution in [2.75, 3.05) is 19.8 Å². The minimum absolute atomic E-state index is 0.0114. The summed E-state index contributed by atoms with van der Waals surface area (Å²) in [6.07, 6.45) is -3.47. The second-order valence-corrected chi connectivity index (χ2v) is 9.77. The Kier molecular flexibility index (Phi) is 7.05. The molecule has 1 atom stereocenters. The molecule has 0 aliphatic carbocycles. The Hall–Kier alpha value is -3.07. The van der Waals surface area contributed by atoms with Crippen LogP contribution in [-0.4, -0.2) is 53.3 Å². The van der Waals surface area contributed by atoms with Crippen molar-refractivity contribution in [1.82, 2.24) is 9.80 Å². The Morgan fingerprint density at radius 1 is 1.19 bits per heavy atom. The summed E-state index contributed by atoms with van der Waals surface area (Å²) in [5.41, 5.74) is -0.693. The number of rotatable bonds is 6. The minimum atomic E-state index is -4.74. The third-order valence-corrected chi connectivity index (χ3v) is 6.79. The number of benzene rings is 2. The smallest absolute Gasteiger partial charge is 0.374 e. The number of hydrogen-bond acceptors (Lipinski definition) is 4. The summed E-state index contributed by atoms with van der Waals surface area (Å²) < 4.78 is 42.9. The highest BCUT2D eigenvalue weighted by atomic mass is 35.5. The molecule has 0 aromatic heterocycles. The number of nitrogens with zero attached hydrogens (tertiary/aromatic N) is 3. The van der Waals surface area contributed by atoms with Crippen LogP contribution in [0.3, 0.4) is 0 Å². The summed E-state index contributed by atoms with van der Waals surface area (Å²) in [6.45, 7) is 6.24. The van der Waals surface area contributed by atoms with Crippen LogP contribution in [-0.2, 0) is 15.2 Å². The zero-order chi connectivity index (χ0) is 26.3. The average Bonchev–Trinajstić information content (AvgIpc) is 3.41. The lowest BCUT2D eigenvalue weighted by Crippen LogP contribution is -2.42. The summed E-state index contributed by atoms with van der Waals surface area (Å²) in [4.78, 5) is 33.6. The Bertz CT molecular complexity index is 1210. The highest BCUT2D eigenvalue weighted by Gasteiger charge is 2.62. The number of aryl methyl sites for hydroxylation is 2. The van der Waals surface area contributed by atoms with E-state index in [1.165, 1.54) is 17.0 Å². The van der Waals surface area contributed by atoms with Crippen molar-refractivity contribution in [2.24, 2.45) is 5.16 Å². The Labute approximate surface area is 212 Å². The van der Waals surface area contributed by atoms with Crippen LogP contribution in [0.15, 0.2) is 41.6 Å². The van der Waals surface area contributed by atoms with Crippen LogP contribution in [0, 0.1) is 13.8 Å². The molecule has 1 saturated heterocycles. The number of unbranched alkanes of at least 4 members (excludes halogenated alkanes) is 1. The first-order valence-electron chi connectivity index (χ1n) is 11.7. The van der Waals surface area contributed by atoms with Gasteiger partial charge in [-0.25, -0.2) is 0 Å². The maximum Gasteiger partial charge on any atom is 0.435 e. The zero-order valence-corrected chi connectivity index (χ0v) is 21.0. The molecule has 2 amide bonds. The predicted molar refractivity (Wildman–Crippen MR) is 130 cm³/mol. The molecule has 0 bridgehead atoms. The summed E-state index contributed by atoms with van der Waals surface area (Å²) in [6, 6.07) is 8.96. The van der Waals surface area contributed by atoms with Crippen LogP contribution in [0.5, 0.6) is 0 Å². The number of carbonyl (C=O) groups excluding carboxylic acids is 2. The molecule has 0 saturated carbocycles. The number of halogens is 4. The topological polar surface area (TPSA) is 62.2 Å². The molecule has 4 rings (SSSR count). The predicted octanol–water partition coefficient (Wildman–Crippen LogP) is 5.58. The first-order valence-corrected chi connectivity index (χ1v) is 12.1. The zero-order valence-electron chi connectivity index (χ0n) is 20.3. The highest BCUT2D eigenvalue weighted by Crippen LogP contribution is 2.49. The molecule has 0 spiro atoms. The largest absolute Gasteiger partial charge is 0.435 e. The van der Waals surface area contributed by atoms with Gasteiger partial charge in [-0.1, -0.05) is 42.2 Å². The fraction of sp³-hybridized carbons (Fsp3) is 0.423. The SMILES string of the molecule is CCCCN1CN(C(=O)c2ccc(C3=NOC(c4cc(C)cc(Cl)c4)(C(F)(F)F)C3)cc2C)CC1=O. The minimum Gasteiger partial charge on any atom is -0.374 e. The second kappa shape index (κ2) is 9.76. The summed E-state index contributed by atoms with van der Waals surface area (Å²) in [5, 5.41) is 3.99. The fourth-order valence-corrected chi connectivity index (χ4v) is 4.85. The van der Waals surface area contributed by atoms with Crippen molar-refractivity contribution in [3.05, 3.63) is 69.2 Å². The van der Waals surface area contributed by atoms with Crippen molar-refractivity contribution in [2.45, 2.75) is 51.8 Å². The summed E-state index contributed by atoms with van der Waals surface area (Å²) >= 11 is 6.04. The van der Waals surface area contributed by atoms with E-state index in [1.807, 2.05) is 6.92 Å². The third-order valence-electron chi connectivity index (χ3n) is 6.57. The van der Waals surface area contributed by atoms with Gasteiger partial charge >= 0.3 is 6.18 Å². The molecule has 1 unspecified atom stereocenters. The van der Waals surface area contributed by atoms with Gasteiger partial charge in [0, 0.05) is 29.1 Å². The quantitative estimate of drug-likeness (QED) is 0.498. The fourth-order valence-electron chi connectivity index (χ4n) is 4.56. The van der Waals surface area contributed by atoms with Crippen molar-refractivity contribution in [1.29, 1.82) is 0 Å². The van der Waals surface area contributed by atoms with E-state index < -0.39 is 18.2 Å². The highest BCUT2D eigenvalue weighted by molar-refractivity contribution is 6.30. The second-order valence-electron chi connectivity index (χ2n) is 9.33. The molecule has 2 aliphatic rings. The van der Waals surface area contributed by atoms with E-state index in [2.05, 4.69) is 5.16 Å². The number of alkyl halides is 3. The van der Waals surface area contributed by atoms with Gasteiger partial charge in [-0.3, -0.25) is 9.59 Å². The van der Waals surface area contributed by atoms with Gasteiger partial charge in [0.25, 0.3) is 11.5 Å². The molecule has 192 valence electrons. The van der Waals surface area contributed by atoms with E-state index in [1.54, 1.807) is 43.0 Å². The van der Waals surface area contributed by atoms with Gasteiger partial charge in [0.2, 0.25) is 5.91 Å². The molecule has 2 heterocycles. The number of hydrogen-bond donors (Lipinski definition) is 0. The lowest BCUT2D eigenvalue weighted by atomic mass is 9.85.